The third-order valence-electron chi connectivity index (χ3n) is 3.09. The highest BCUT2D eigenvalue weighted by Gasteiger charge is 2.26. The van der Waals surface area contributed by atoms with Gasteiger partial charge in [-0.3, -0.25) is 9.59 Å². The summed E-state index contributed by atoms with van der Waals surface area (Å²) in [6, 6.07) is 6.93. The summed E-state index contributed by atoms with van der Waals surface area (Å²) in [6.07, 6.45) is 1.64. The van der Waals surface area contributed by atoms with Crippen LogP contribution in [0, 0.1) is 0 Å². The van der Waals surface area contributed by atoms with Gasteiger partial charge >= 0.3 is 0 Å². The summed E-state index contributed by atoms with van der Waals surface area (Å²) in [5, 5.41) is 8.70. The summed E-state index contributed by atoms with van der Waals surface area (Å²) in [7, 11) is 0. The van der Waals surface area contributed by atoms with E-state index < -0.39 is 6.04 Å². The second-order valence-corrected chi connectivity index (χ2v) is 4.58. The van der Waals surface area contributed by atoms with Crippen molar-refractivity contribution in [3.8, 4) is 0 Å². The van der Waals surface area contributed by atoms with Crippen molar-refractivity contribution in [3.63, 3.8) is 0 Å². The van der Waals surface area contributed by atoms with E-state index in [0.29, 0.717) is 18.5 Å². The zero-order valence-electron chi connectivity index (χ0n) is 11.0. The Bertz CT molecular complexity index is 474. The fraction of sp³-hybridized carbons (Fsp3) is 0.429. The lowest BCUT2D eigenvalue weighted by Crippen LogP contribution is -2.40. The van der Waals surface area contributed by atoms with Gasteiger partial charge in [-0.2, -0.15) is 0 Å². The predicted molar refractivity (Wildman–Crippen MR) is 74.1 cm³/mol. The van der Waals surface area contributed by atoms with Gasteiger partial charge in [0, 0.05) is 18.8 Å². The van der Waals surface area contributed by atoms with Crippen LogP contribution in [0.5, 0.6) is 0 Å². The zero-order chi connectivity index (χ0) is 13.7. The van der Waals surface area contributed by atoms with Gasteiger partial charge in [0.05, 0.1) is 5.56 Å². The largest absolute Gasteiger partial charge is 0.384 e. The second-order valence-electron chi connectivity index (χ2n) is 4.58. The van der Waals surface area contributed by atoms with E-state index in [1.165, 1.54) is 0 Å². The maximum atomic E-state index is 12.2. The van der Waals surface area contributed by atoms with Crippen molar-refractivity contribution < 1.29 is 9.59 Å². The van der Waals surface area contributed by atoms with Gasteiger partial charge in [0.15, 0.2) is 0 Å². The summed E-state index contributed by atoms with van der Waals surface area (Å²) < 4.78 is 0. The fourth-order valence-electron chi connectivity index (χ4n) is 2.06. The molecule has 5 heteroatoms. The Balaban J connectivity index is 2.07. The Morgan fingerprint density at radius 1 is 1.42 bits per heavy atom. The molecule has 0 aromatic heterocycles. The van der Waals surface area contributed by atoms with E-state index in [2.05, 4.69) is 22.9 Å². The van der Waals surface area contributed by atoms with E-state index in [1.807, 2.05) is 18.2 Å². The Hall–Kier alpha value is -2.04. The zero-order valence-corrected chi connectivity index (χ0v) is 11.0. The van der Waals surface area contributed by atoms with Crippen LogP contribution in [0.4, 0.5) is 5.69 Å². The van der Waals surface area contributed by atoms with E-state index >= 15 is 0 Å². The highest BCUT2D eigenvalue weighted by molar-refractivity contribution is 6.02. The minimum absolute atomic E-state index is 0.104. The molecule has 0 aliphatic carbocycles. The SMILES string of the molecule is CCCNc1ccccc1C(=O)N[C@H]1CCNC1=O. The van der Waals surface area contributed by atoms with E-state index in [4.69, 9.17) is 0 Å². The number of rotatable bonds is 5. The van der Waals surface area contributed by atoms with Crippen LogP contribution >= 0.6 is 0 Å². The molecule has 2 amide bonds. The first kappa shape index (κ1) is 13.4. The van der Waals surface area contributed by atoms with Gasteiger partial charge in [0.2, 0.25) is 5.91 Å². The number of hydrogen-bond acceptors (Lipinski definition) is 3. The number of carbonyl (C=O) groups is 2. The Morgan fingerprint density at radius 2 is 2.21 bits per heavy atom. The molecule has 1 atom stereocenters. The molecule has 0 radical (unpaired) electrons. The lowest BCUT2D eigenvalue weighted by molar-refractivity contribution is -0.120. The topological polar surface area (TPSA) is 70.2 Å². The Morgan fingerprint density at radius 3 is 2.89 bits per heavy atom. The smallest absolute Gasteiger partial charge is 0.254 e. The number of para-hydroxylation sites is 1. The van der Waals surface area contributed by atoms with Crippen LogP contribution in [-0.4, -0.2) is 30.9 Å². The molecule has 3 N–H and O–H groups in total. The first-order valence-corrected chi connectivity index (χ1v) is 6.64. The summed E-state index contributed by atoms with van der Waals surface area (Å²) in [4.78, 5) is 23.7. The van der Waals surface area contributed by atoms with Gasteiger partial charge in [0.1, 0.15) is 6.04 Å². The van der Waals surface area contributed by atoms with Crippen LogP contribution in [-0.2, 0) is 4.79 Å². The lowest BCUT2D eigenvalue weighted by atomic mass is 10.1. The predicted octanol–water partition coefficient (Wildman–Crippen LogP) is 1.13. The number of hydrogen-bond donors (Lipinski definition) is 3. The van der Waals surface area contributed by atoms with Gasteiger partial charge in [-0.15, -0.1) is 0 Å². The van der Waals surface area contributed by atoms with Gasteiger partial charge in [-0.05, 0) is 25.0 Å². The minimum atomic E-state index is -0.410. The van der Waals surface area contributed by atoms with Crippen LogP contribution in [0.3, 0.4) is 0 Å². The number of anilines is 1. The molecule has 1 aliphatic heterocycles. The lowest BCUT2D eigenvalue weighted by Gasteiger charge is -2.14. The monoisotopic (exact) mass is 261 g/mol. The standard InChI is InChI=1S/C14H19N3O2/c1-2-8-15-11-6-4-3-5-10(11)13(18)17-12-7-9-16-14(12)19/h3-6,12,15H,2,7-9H2,1H3,(H,16,19)(H,17,18)/t12-/m0/s1. The number of carbonyl (C=O) groups excluding carboxylic acids is 2. The van der Waals surface area contributed by atoms with Gasteiger partial charge in [-0.25, -0.2) is 0 Å². The first-order valence-electron chi connectivity index (χ1n) is 6.64. The molecule has 0 saturated carbocycles. The first-order chi connectivity index (χ1) is 9.22. The summed E-state index contributed by atoms with van der Waals surface area (Å²) in [6.45, 7) is 3.51. The summed E-state index contributed by atoms with van der Waals surface area (Å²) in [5.41, 5.74) is 1.39. The van der Waals surface area contributed by atoms with Crippen molar-refractivity contribution in [1.29, 1.82) is 0 Å². The molecule has 102 valence electrons. The number of benzene rings is 1. The van der Waals surface area contributed by atoms with Crippen LogP contribution in [0.1, 0.15) is 30.1 Å². The average molecular weight is 261 g/mol. The average Bonchev–Trinajstić information content (AvgIpc) is 2.82. The van der Waals surface area contributed by atoms with Crippen LogP contribution in [0.25, 0.3) is 0 Å². The Kier molecular flexibility index (Phi) is 4.39. The van der Waals surface area contributed by atoms with Gasteiger partial charge in [-0.1, -0.05) is 19.1 Å². The molecule has 0 bridgehead atoms. The quantitative estimate of drug-likeness (QED) is 0.744. The maximum Gasteiger partial charge on any atom is 0.254 e. The molecule has 1 fully saturated rings. The molecule has 1 aromatic carbocycles. The number of nitrogens with one attached hydrogen (secondary N) is 3. The minimum Gasteiger partial charge on any atom is -0.384 e. The molecule has 0 unspecified atom stereocenters. The highest BCUT2D eigenvalue weighted by atomic mass is 16.2. The van der Waals surface area contributed by atoms with E-state index in [1.54, 1.807) is 6.07 Å². The van der Waals surface area contributed by atoms with E-state index in [0.717, 1.165) is 18.7 Å². The summed E-state index contributed by atoms with van der Waals surface area (Å²) in [5.74, 6) is -0.311. The summed E-state index contributed by atoms with van der Waals surface area (Å²) >= 11 is 0. The molecule has 1 aromatic rings. The normalized spacial score (nSPS) is 17.9. The fourth-order valence-corrected chi connectivity index (χ4v) is 2.06. The van der Waals surface area contributed by atoms with Crippen LogP contribution < -0.4 is 16.0 Å². The van der Waals surface area contributed by atoms with Crippen molar-refractivity contribution in [2.24, 2.45) is 0 Å². The van der Waals surface area contributed by atoms with Gasteiger partial charge < -0.3 is 16.0 Å². The molecule has 0 spiro atoms. The van der Waals surface area contributed by atoms with Crippen molar-refractivity contribution in [2.75, 3.05) is 18.4 Å². The molecule has 2 rings (SSSR count). The van der Waals surface area contributed by atoms with E-state index in [9.17, 15) is 9.59 Å². The second kappa shape index (κ2) is 6.22. The molecule has 1 aliphatic rings. The van der Waals surface area contributed by atoms with Crippen molar-refractivity contribution >= 4 is 17.5 Å². The highest BCUT2D eigenvalue weighted by Crippen LogP contribution is 2.15. The molecule has 19 heavy (non-hydrogen) atoms. The van der Waals surface area contributed by atoms with Crippen molar-refractivity contribution in [2.45, 2.75) is 25.8 Å². The van der Waals surface area contributed by atoms with Crippen molar-refractivity contribution in [3.05, 3.63) is 29.8 Å². The van der Waals surface area contributed by atoms with Crippen LogP contribution in [0.2, 0.25) is 0 Å². The van der Waals surface area contributed by atoms with Gasteiger partial charge in [0.25, 0.3) is 5.91 Å². The third-order valence-corrected chi connectivity index (χ3v) is 3.09. The number of amides is 2. The molecular weight excluding hydrogens is 242 g/mol. The van der Waals surface area contributed by atoms with Crippen molar-refractivity contribution in [1.82, 2.24) is 10.6 Å². The third kappa shape index (κ3) is 3.24. The molecule has 1 saturated heterocycles. The molecule has 5 nitrogen and oxygen atoms in total. The van der Waals surface area contributed by atoms with E-state index in [-0.39, 0.29) is 11.8 Å². The van der Waals surface area contributed by atoms with Crippen LogP contribution in [0.15, 0.2) is 24.3 Å². The Labute approximate surface area is 112 Å². The molecular formula is C14H19N3O2. The molecule has 1 heterocycles. The maximum absolute atomic E-state index is 12.2.